The number of nitrogens with zero attached hydrogens (tertiary/aromatic N) is 2. The monoisotopic (exact) mass is 297 g/mol. The van der Waals surface area contributed by atoms with Crippen molar-refractivity contribution >= 4 is 15.9 Å². The largest absolute Gasteiger partial charge is 0.379 e. The third kappa shape index (κ3) is 2.54. The van der Waals surface area contributed by atoms with Crippen LogP contribution in [-0.2, 0) is 21.5 Å². The molecule has 0 atom stereocenters. The van der Waals surface area contributed by atoms with Crippen molar-refractivity contribution in [1.82, 2.24) is 9.62 Å². The van der Waals surface area contributed by atoms with Crippen molar-refractivity contribution in [3.63, 3.8) is 0 Å². The lowest BCUT2D eigenvalue weighted by Crippen LogP contribution is -2.49. The predicted octanol–water partition coefficient (Wildman–Crippen LogP) is 0.173. The number of anilines is 1. The highest BCUT2D eigenvalue weighted by atomic mass is 32.2. The van der Waals surface area contributed by atoms with Gasteiger partial charge in [-0.25, -0.2) is 0 Å². The maximum atomic E-state index is 12.8. The highest BCUT2D eigenvalue weighted by Crippen LogP contribution is 2.26. The minimum atomic E-state index is -3.48. The minimum absolute atomic E-state index is 0.425. The highest BCUT2D eigenvalue weighted by Gasteiger charge is 2.32. The van der Waals surface area contributed by atoms with Gasteiger partial charge in [-0.05, 0) is 11.6 Å². The molecular formula is C13H19N3O3S. The molecule has 0 spiro atoms. The average molecular weight is 297 g/mol. The second-order valence-electron chi connectivity index (χ2n) is 4.90. The Kier molecular flexibility index (Phi) is 3.93. The van der Waals surface area contributed by atoms with E-state index in [0.29, 0.717) is 45.9 Å². The molecule has 0 amide bonds. The van der Waals surface area contributed by atoms with E-state index in [0.717, 1.165) is 11.3 Å². The Hall–Kier alpha value is -1.15. The molecule has 0 unspecified atom stereocenters. The van der Waals surface area contributed by atoms with Gasteiger partial charge in [-0.2, -0.15) is 12.7 Å². The molecule has 0 radical (unpaired) electrons. The third-order valence-electron chi connectivity index (χ3n) is 3.64. The first-order valence-corrected chi connectivity index (χ1v) is 8.23. The average Bonchev–Trinajstić information content (AvgIpc) is 2.71. The van der Waals surface area contributed by atoms with E-state index < -0.39 is 10.2 Å². The van der Waals surface area contributed by atoms with Gasteiger partial charge in [0.05, 0.1) is 18.9 Å². The number of hydrogen-bond donors (Lipinski definition) is 1. The number of ether oxygens (including phenoxy) is 1. The molecule has 3 rings (SSSR count). The molecule has 2 aliphatic heterocycles. The van der Waals surface area contributed by atoms with Gasteiger partial charge >= 0.3 is 10.2 Å². The summed E-state index contributed by atoms with van der Waals surface area (Å²) >= 11 is 0. The zero-order valence-electron chi connectivity index (χ0n) is 11.3. The van der Waals surface area contributed by atoms with Gasteiger partial charge in [0.2, 0.25) is 0 Å². The topological polar surface area (TPSA) is 61.9 Å². The second-order valence-corrected chi connectivity index (χ2v) is 6.75. The summed E-state index contributed by atoms with van der Waals surface area (Å²) in [4.78, 5) is 0. The van der Waals surface area contributed by atoms with Crippen LogP contribution in [0.15, 0.2) is 24.3 Å². The van der Waals surface area contributed by atoms with Gasteiger partial charge in [-0.3, -0.25) is 4.31 Å². The van der Waals surface area contributed by atoms with E-state index in [-0.39, 0.29) is 0 Å². The Bertz CT molecular complexity index is 570. The molecule has 1 saturated heterocycles. The number of rotatable bonds is 2. The fourth-order valence-corrected chi connectivity index (χ4v) is 4.22. The van der Waals surface area contributed by atoms with Crippen LogP contribution in [0, 0.1) is 0 Å². The summed E-state index contributed by atoms with van der Waals surface area (Å²) in [5.74, 6) is 0. The van der Waals surface area contributed by atoms with E-state index in [1.54, 1.807) is 0 Å². The van der Waals surface area contributed by atoms with Crippen molar-refractivity contribution in [1.29, 1.82) is 0 Å². The quantitative estimate of drug-likeness (QED) is 0.845. The van der Waals surface area contributed by atoms with Gasteiger partial charge in [0.1, 0.15) is 0 Å². The van der Waals surface area contributed by atoms with Gasteiger partial charge in [-0.15, -0.1) is 0 Å². The van der Waals surface area contributed by atoms with E-state index in [4.69, 9.17) is 4.74 Å². The maximum absolute atomic E-state index is 12.8. The number of nitrogens with one attached hydrogen (secondary N) is 1. The molecule has 2 aliphatic rings. The zero-order chi connectivity index (χ0) is 14.0. The number of para-hydroxylation sites is 1. The summed E-state index contributed by atoms with van der Waals surface area (Å²) in [6.07, 6.45) is 0. The second kappa shape index (κ2) is 5.69. The lowest BCUT2D eigenvalue weighted by Gasteiger charge is -2.33. The summed E-state index contributed by atoms with van der Waals surface area (Å²) in [6, 6.07) is 7.66. The maximum Gasteiger partial charge on any atom is 0.304 e. The van der Waals surface area contributed by atoms with Gasteiger partial charge in [0, 0.05) is 32.7 Å². The van der Waals surface area contributed by atoms with Crippen molar-refractivity contribution in [3.8, 4) is 0 Å². The van der Waals surface area contributed by atoms with Gasteiger partial charge in [0.15, 0.2) is 0 Å². The van der Waals surface area contributed by atoms with Crippen molar-refractivity contribution in [2.75, 3.05) is 43.7 Å². The van der Waals surface area contributed by atoms with E-state index in [2.05, 4.69) is 5.32 Å². The fourth-order valence-electron chi connectivity index (χ4n) is 2.58. The first-order valence-electron chi connectivity index (χ1n) is 6.84. The molecule has 20 heavy (non-hydrogen) atoms. The standard InChI is InChI=1S/C13H19N3O3S/c17-20(18,15-7-9-19-10-8-15)16-6-5-14-11-12-3-1-2-4-13(12)16/h1-4,14H,5-11H2. The van der Waals surface area contributed by atoms with E-state index in [1.165, 1.54) is 8.61 Å². The lowest BCUT2D eigenvalue weighted by molar-refractivity contribution is 0.0729. The molecule has 6 nitrogen and oxygen atoms in total. The van der Waals surface area contributed by atoms with Crippen LogP contribution in [-0.4, -0.2) is 52.1 Å². The molecule has 1 N–H and O–H groups in total. The van der Waals surface area contributed by atoms with Crippen LogP contribution >= 0.6 is 0 Å². The van der Waals surface area contributed by atoms with Crippen molar-refractivity contribution in [3.05, 3.63) is 29.8 Å². The summed E-state index contributed by atoms with van der Waals surface area (Å²) in [7, 11) is -3.48. The molecule has 0 saturated carbocycles. The van der Waals surface area contributed by atoms with Crippen LogP contribution < -0.4 is 9.62 Å². The molecule has 0 bridgehead atoms. The summed E-state index contributed by atoms with van der Waals surface area (Å²) in [5.41, 5.74) is 1.80. The molecule has 7 heteroatoms. The smallest absolute Gasteiger partial charge is 0.304 e. The number of benzene rings is 1. The van der Waals surface area contributed by atoms with Crippen LogP contribution in [0.3, 0.4) is 0 Å². The zero-order valence-corrected chi connectivity index (χ0v) is 12.1. The van der Waals surface area contributed by atoms with Gasteiger partial charge in [0.25, 0.3) is 0 Å². The van der Waals surface area contributed by atoms with Crippen LogP contribution in [0.25, 0.3) is 0 Å². The minimum Gasteiger partial charge on any atom is -0.379 e. The van der Waals surface area contributed by atoms with E-state index in [1.807, 2.05) is 24.3 Å². The number of hydrogen-bond acceptors (Lipinski definition) is 4. The van der Waals surface area contributed by atoms with Crippen LogP contribution in [0.4, 0.5) is 5.69 Å². The van der Waals surface area contributed by atoms with Crippen molar-refractivity contribution < 1.29 is 13.2 Å². The normalized spacial score (nSPS) is 21.3. The summed E-state index contributed by atoms with van der Waals surface area (Å²) < 4.78 is 33.9. The molecular weight excluding hydrogens is 278 g/mol. The third-order valence-corrected chi connectivity index (χ3v) is 5.60. The molecule has 1 fully saturated rings. The Morgan fingerprint density at radius 3 is 2.65 bits per heavy atom. The first kappa shape index (κ1) is 13.8. The fraction of sp³-hybridized carbons (Fsp3) is 0.538. The predicted molar refractivity (Wildman–Crippen MR) is 76.8 cm³/mol. The van der Waals surface area contributed by atoms with Gasteiger partial charge < -0.3 is 10.1 Å². The summed E-state index contributed by atoms with van der Waals surface area (Å²) in [5, 5.41) is 3.26. The molecule has 1 aromatic carbocycles. The molecule has 0 aliphatic carbocycles. The lowest BCUT2D eigenvalue weighted by atomic mass is 10.2. The number of morpholine rings is 1. The molecule has 110 valence electrons. The van der Waals surface area contributed by atoms with Crippen molar-refractivity contribution in [2.24, 2.45) is 0 Å². The van der Waals surface area contributed by atoms with Crippen LogP contribution in [0.1, 0.15) is 5.56 Å². The Balaban J connectivity index is 1.96. The number of fused-ring (bicyclic) bond motifs is 1. The highest BCUT2D eigenvalue weighted by molar-refractivity contribution is 7.90. The molecule has 1 aromatic rings. The summed E-state index contributed by atoms with van der Waals surface area (Å²) in [6.45, 7) is 3.59. The molecule has 2 heterocycles. The first-order chi connectivity index (χ1) is 9.69. The Morgan fingerprint density at radius 2 is 1.85 bits per heavy atom. The van der Waals surface area contributed by atoms with E-state index in [9.17, 15) is 8.42 Å². The Morgan fingerprint density at radius 1 is 1.10 bits per heavy atom. The Labute approximate surface area is 119 Å². The SMILES string of the molecule is O=S(=O)(N1CCOCC1)N1CCNCc2ccccc21. The van der Waals surface area contributed by atoms with Crippen LogP contribution in [0.2, 0.25) is 0 Å². The van der Waals surface area contributed by atoms with Gasteiger partial charge in [-0.1, -0.05) is 18.2 Å². The molecule has 0 aromatic heterocycles. The van der Waals surface area contributed by atoms with Crippen LogP contribution in [0.5, 0.6) is 0 Å². The van der Waals surface area contributed by atoms with Crippen molar-refractivity contribution in [2.45, 2.75) is 6.54 Å². The van der Waals surface area contributed by atoms with E-state index >= 15 is 0 Å².